The van der Waals surface area contributed by atoms with Gasteiger partial charge in [0.2, 0.25) is 0 Å². The maximum Gasteiger partial charge on any atom is 0.0767 e. The number of thioether (sulfide) groups is 2. The monoisotopic (exact) mass is 146 g/mol. The first-order chi connectivity index (χ1) is 3.79. The summed E-state index contributed by atoms with van der Waals surface area (Å²) in [6, 6.07) is 0. The van der Waals surface area contributed by atoms with Crippen LogP contribution >= 0.6 is 23.5 Å². The van der Waals surface area contributed by atoms with Crippen molar-refractivity contribution in [3.63, 3.8) is 0 Å². The molecule has 0 aromatic carbocycles. The highest BCUT2D eigenvalue weighted by molar-refractivity contribution is 8.12. The molecule has 8 heavy (non-hydrogen) atoms. The molecule has 0 spiro atoms. The molecule has 44 valence electrons. The summed E-state index contributed by atoms with van der Waals surface area (Å²) in [6.45, 7) is 0. The van der Waals surface area contributed by atoms with Gasteiger partial charge < -0.3 is 11.5 Å². The lowest BCUT2D eigenvalue weighted by Gasteiger charge is -2.03. The van der Waals surface area contributed by atoms with Crippen LogP contribution in [0.15, 0.2) is 20.9 Å². The van der Waals surface area contributed by atoms with Gasteiger partial charge in [0.1, 0.15) is 0 Å². The molecule has 0 amide bonds. The van der Waals surface area contributed by atoms with Crippen LogP contribution in [0, 0.1) is 0 Å². The van der Waals surface area contributed by atoms with Crippen LogP contribution in [-0.4, -0.2) is 0 Å². The van der Waals surface area contributed by atoms with E-state index in [1.807, 2.05) is 10.8 Å². The van der Waals surface area contributed by atoms with Gasteiger partial charge in [-0.2, -0.15) is 0 Å². The predicted molar refractivity (Wildman–Crippen MR) is 39.7 cm³/mol. The van der Waals surface area contributed by atoms with E-state index in [2.05, 4.69) is 0 Å². The Morgan fingerprint density at radius 3 is 1.62 bits per heavy atom. The van der Waals surface area contributed by atoms with Crippen LogP contribution in [0.5, 0.6) is 0 Å². The fourth-order valence-electron chi connectivity index (χ4n) is 0.308. The van der Waals surface area contributed by atoms with Gasteiger partial charge in [-0.1, -0.05) is 23.5 Å². The molecule has 4 heteroatoms. The van der Waals surface area contributed by atoms with Crippen molar-refractivity contribution in [3.05, 3.63) is 20.9 Å². The standard InChI is InChI=1S/C4H6N2S2/c5-3-1-7-4(6)2-8-3/h1-2H,5-6H2. The molecule has 1 aliphatic rings. The van der Waals surface area contributed by atoms with E-state index in [-0.39, 0.29) is 0 Å². The third-order valence-electron chi connectivity index (χ3n) is 0.622. The summed E-state index contributed by atoms with van der Waals surface area (Å²) in [5.74, 6) is 0. The summed E-state index contributed by atoms with van der Waals surface area (Å²) < 4.78 is 0. The minimum atomic E-state index is 0.809. The van der Waals surface area contributed by atoms with Crippen LogP contribution in [-0.2, 0) is 0 Å². The van der Waals surface area contributed by atoms with Gasteiger partial charge in [0.25, 0.3) is 0 Å². The highest BCUT2D eigenvalue weighted by Gasteiger charge is 1.97. The number of rotatable bonds is 0. The van der Waals surface area contributed by atoms with Crippen molar-refractivity contribution in [2.24, 2.45) is 11.5 Å². The van der Waals surface area contributed by atoms with Gasteiger partial charge in [-0.05, 0) is 0 Å². The SMILES string of the molecule is NC1=CSC(N)=CS1. The lowest BCUT2D eigenvalue weighted by atomic mass is 11.0. The number of hydrogen-bond acceptors (Lipinski definition) is 4. The first-order valence-corrected chi connectivity index (χ1v) is 3.79. The first kappa shape index (κ1) is 5.91. The summed E-state index contributed by atoms with van der Waals surface area (Å²) in [6.07, 6.45) is 0. The maximum atomic E-state index is 5.40. The van der Waals surface area contributed by atoms with E-state index < -0.39 is 0 Å². The Morgan fingerprint density at radius 2 is 1.38 bits per heavy atom. The van der Waals surface area contributed by atoms with E-state index in [4.69, 9.17) is 11.5 Å². The highest BCUT2D eigenvalue weighted by Crippen LogP contribution is 2.27. The Balaban J connectivity index is 2.54. The van der Waals surface area contributed by atoms with Crippen LogP contribution < -0.4 is 11.5 Å². The molecule has 0 saturated heterocycles. The lowest BCUT2D eigenvalue weighted by Crippen LogP contribution is -1.97. The molecular weight excluding hydrogens is 140 g/mol. The van der Waals surface area contributed by atoms with Crippen LogP contribution in [0.3, 0.4) is 0 Å². The smallest absolute Gasteiger partial charge is 0.0767 e. The van der Waals surface area contributed by atoms with E-state index in [9.17, 15) is 0 Å². The molecular formula is C4H6N2S2. The van der Waals surface area contributed by atoms with Gasteiger partial charge in [0.15, 0.2) is 0 Å². The summed E-state index contributed by atoms with van der Waals surface area (Å²) in [5, 5.41) is 5.29. The molecule has 1 aliphatic heterocycles. The second-order valence-corrected chi connectivity index (χ2v) is 3.16. The van der Waals surface area contributed by atoms with Gasteiger partial charge in [0, 0.05) is 10.8 Å². The van der Waals surface area contributed by atoms with Crippen molar-refractivity contribution in [1.82, 2.24) is 0 Å². The molecule has 1 rings (SSSR count). The fraction of sp³-hybridized carbons (Fsp3) is 0. The van der Waals surface area contributed by atoms with E-state index >= 15 is 0 Å². The third-order valence-corrected chi connectivity index (χ3v) is 2.44. The Morgan fingerprint density at radius 1 is 1.00 bits per heavy atom. The molecule has 0 unspecified atom stereocenters. The number of nitrogens with two attached hydrogens (primary N) is 2. The summed E-state index contributed by atoms with van der Waals surface area (Å²) in [5.41, 5.74) is 10.8. The van der Waals surface area contributed by atoms with Crippen molar-refractivity contribution in [3.8, 4) is 0 Å². The van der Waals surface area contributed by atoms with Gasteiger partial charge in [-0.15, -0.1) is 0 Å². The van der Waals surface area contributed by atoms with E-state index in [1.165, 1.54) is 23.5 Å². The topological polar surface area (TPSA) is 52.0 Å². The Kier molecular flexibility index (Phi) is 1.75. The molecule has 4 N–H and O–H groups in total. The van der Waals surface area contributed by atoms with Crippen molar-refractivity contribution >= 4 is 23.5 Å². The summed E-state index contributed by atoms with van der Waals surface area (Å²) >= 11 is 2.91. The molecule has 0 saturated carbocycles. The minimum Gasteiger partial charge on any atom is -0.393 e. The molecule has 0 aliphatic carbocycles. The zero-order valence-electron chi connectivity index (χ0n) is 4.13. The van der Waals surface area contributed by atoms with Crippen molar-refractivity contribution < 1.29 is 0 Å². The fourth-order valence-corrected chi connectivity index (χ4v) is 1.55. The maximum absolute atomic E-state index is 5.40. The average molecular weight is 146 g/mol. The van der Waals surface area contributed by atoms with E-state index in [1.54, 1.807) is 0 Å². The molecule has 0 radical (unpaired) electrons. The van der Waals surface area contributed by atoms with Crippen molar-refractivity contribution in [1.29, 1.82) is 0 Å². The average Bonchev–Trinajstić information content (AvgIpc) is 1.77. The van der Waals surface area contributed by atoms with Gasteiger partial charge in [-0.25, -0.2) is 0 Å². The number of hydrogen-bond donors (Lipinski definition) is 2. The van der Waals surface area contributed by atoms with Gasteiger partial charge >= 0.3 is 0 Å². The molecule has 0 aromatic rings. The molecule has 1 heterocycles. The van der Waals surface area contributed by atoms with E-state index in [0.717, 1.165) is 10.1 Å². The molecule has 0 bridgehead atoms. The predicted octanol–water partition coefficient (Wildman–Crippen LogP) is 0.982. The minimum absolute atomic E-state index is 0.809. The van der Waals surface area contributed by atoms with E-state index in [0.29, 0.717) is 0 Å². The van der Waals surface area contributed by atoms with Crippen LogP contribution in [0.4, 0.5) is 0 Å². The summed E-state index contributed by atoms with van der Waals surface area (Å²) in [7, 11) is 0. The highest BCUT2D eigenvalue weighted by atomic mass is 32.2. The quantitative estimate of drug-likeness (QED) is 0.535. The normalized spacial score (nSPS) is 19.5. The van der Waals surface area contributed by atoms with Crippen LogP contribution in [0.25, 0.3) is 0 Å². The molecule has 0 fully saturated rings. The molecule has 0 aromatic heterocycles. The van der Waals surface area contributed by atoms with Crippen molar-refractivity contribution in [2.45, 2.75) is 0 Å². The molecule has 2 nitrogen and oxygen atoms in total. The van der Waals surface area contributed by atoms with Crippen LogP contribution in [0.2, 0.25) is 0 Å². The second-order valence-electron chi connectivity index (χ2n) is 1.28. The van der Waals surface area contributed by atoms with Gasteiger partial charge in [0.05, 0.1) is 10.1 Å². The van der Waals surface area contributed by atoms with Crippen molar-refractivity contribution in [2.75, 3.05) is 0 Å². The lowest BCUT2D eigenvalue weighted by molar-refractivity contribution is 1.54. The zero-order chi connectivity index (χ0) is 5.98. The Labute approximate surface area is 56.4 Å². The third kappa shape index (κ3) is 1.38. The second kappa shape index (κ2) is 2.37. The Bertz CT molecular complexity index is 132. The Hall–Kier alpha value is -0.220. The summed E-state index contributed by atoms with van der Waals surface area (Å²) in [4.78, 5) is 0. The van der Waals surface area contributed by atoms with Gasteiger partial charge in [-0.3, -0.25) is 0 Å². The largest absolute Gasteiger partial charge is 0.393 e. The zero-order valence-corrected chi connectivity index (χ0v) is 5.76. The first-order valence-electron chi connectivity index (χ1n) is 2.03. The molecule has 0 atom stereocenters. The van der Waals surface area contributed by atoms with Crippen LogP contribution in [0.1, 0.15) is 0 Å².